The van der Waals surface area contributed by atoms with Crippen LogP contribution in [0.3, 0.4) is 0 Å². The van der Waals surface area contributed by atoms with Gasteiger partial charge in [0.25, 0.3) is 0 Å². The van der Waals surface area contributed by atoms with Crippen molar-refractivity contribution in [2.24, 2.45) is 0 Å². The number of rotatable bonds is 7. The van der Waals surface area contributed by atoms with Gasteiger partial charge >= 0.3 is 0 Å². The van der Waals surface area contributed by atoms with Crippen molar-refractivity contribution >= 4 is 0 Å². The molecule has 1 N–H and O–H groups in total. The number of nitrogens with zero attached hydrogens (tertiary/aromatic N) is 2. The lowest BCUT2D eigenvalue weighted by molar-refractivity contribution is 0.588. The molecule has 0 aliphatic rings. The summed E-state index contributed by atoms with van der Waals surface area (Å²) >= 11 is 0. The van der Waals surface area contributed by atoms with E-state index in [1.165, 1.54) is 12.1 Å². The summed E-state index contributed by atoms with van der Waals surface area (Å²) in [5.74, 6) is 0.888. The molecule has 0 amide bonds. The molecule has 0 saturated carbocycles. The minimum Gasteiger partial charge on any atom is -0.334 e. The molecule has 19 heavy (non-hydrogen) atoms. The molecular formula is C15H20FN3. The number of aromatic nitrogens is 2. The molecule has 2 rings (SSSR count). The fourth-order valence-electron chi connectivity index (χ4n) is 2.04. The van der Waals surface area contributed by atoms with Crippen LogP contribution in [0.15, 0.2) is 36.7 Å². The lowest BCUT2D eigenvalue weighted by atomic mass is 10.1. The topological polar surface area (TPSA) is 29.9 Å². The molecule has 0 unspecified atom stereocenters. The second-order valence-electron chi connectivity index (χ2n) is 4.59. The highest BCUT2D eigenvalue weighted by Crippen LogP contribution is 2.03. The van der Waals surface area contributed by atoms with Crippen molar-refractivity contribution in [3.8, 4) is 0 Å². The van der Waals surface area contributed by atoms with E-state index >= 15 is 0 Å². The van der Waals surface area contributed by atoms with Crippen LogP contribution in [0.4, 0.5) is 4.39 Å². The first-order chi connectivity index (χ1) is 9.29. The van der Waals surface area contributed by atoms with Gasteiger partial charge in [-0.3, -0.25) is 0 Å². The summed E-state index contributed by atoms with van der Waals surface area (Å²) in [6, 6.07) is 6.66. The predicted molar refractivity (Wildman–Crippen MR) is 74.3 cm³/mol. The summed E-state index contributed by atoms with van der Waals surface area (Å²) in [6.45, 7) is 4.81. The Hall–Kier alpha value is -1.68. The van der Waals surface area contributed by atoms with Crippen molar-refractivity contribution in [2.45, 2.75) is 32.9 Å². The lowest BCUT2D eigenvalue weighted by Crippen LogP contribution is -2.19. The number of imidazole rings is 1. The first-order valence-corrected chi connectivity index (χ1v) is 6.74. The van der Waals surface area contributed by atoms with Crippen LogP contribution in [-0.2, 0) is 19.5 Å². The maximum atomic E-state index is 12.8. The maximum Gasteiger partial charge on any atom is 0.123 e. The minimum atomic E-state index is -0.182. The van der Waals surface area contributed by atoms with Crippen molar-refractivity contribution < 1.29 is 4.39 Å². The Kier molecular flexibility index (Phi) is 5.10. The molecule has 0 atom stereocenters. The van der Waals surface area contributed by atoms with Crippen LogP contribution in [0.2, 0.25) is 0 Å². The molecule has 0 bridgehead atoms. The van der Waals surface area contributed by atoms with Crippen LogP contribution in [0.1, 0.15) is 24.7 Å². The van der Waals surface area contributed by atoms with E-state index in [-0.39, 0.29) is 5.82 Å². The van der Waals surface area contributed by atoms with Crippen LogP contribution in [0.5, 0.6) is 0 Å². The van der Waals surface area contributed by atoms with Crippen molar-refractivity contribution in [2.75, 3.05) is 6.54 Å². The smallest absolute Gasteiger partial charge is 0.123 e. The van der Waals surface area contributed by atoms with E-state index in [1.54, 1.807) is 0 Å². The molecule has 0 aliphatic heterocycles. The molecule has 1 aromatic heterocycles. The van der Waals surface area contributed by atoms with Gasteiger partial charge in [-0.15, -0.1) is 0 Å². The highest BCUT2D eigenvalue weighted by molar-refractivity contribution is 5.16. The third kappa shape index (κ3) is 4.17. The Morgan fingerprint density at radius 3 is 2.79 bits per heavy atom. The molecule has 2 aromatic rings. The Balaban J connectivity index is 1.74. The Morgan fingerprint density at radius 1 is 1.26 bits per heavy atom. The second-order valence-corrected chi connectivity index (χ2v) is 4.59. The molecule has 1 aromatic carbocycles. The molecule has 1 heterocycles. The largest absolute Gasteiger partial charge is 0.334 e. The third-order valence-corrected chi connectivity index (χ3v) is 3.05. The number of aryl methyl sites for hydroxylation is 1. The summed E-state index contributed by atoms with van der Waals surface area (Å²) < 4.78 is 14.9. The van der Waals surface area contributed by atoms with Crippen LogP contribution in [0.25, 0.3) is 0 Å². The molecular weight excluding hydrogens is 241 g/mol. The molecule has 3 nitrogen and oxygen atoms in total. The van der Waals surface area contributed by atoms with Gasteiger partial charge in [0.15, 0.2) is 0 Å². The normalized spacial score (nSPS) is 10.8. The molecule has 0 aliphatic carbocycles. The minimum absolute atomic E-state index is 0.182. The average Bonchev–Trinajstić information content (AvgIpc) is 2.85. The van der Waals surface area contributed by atoms with Gasteiger partial charge in [-0.1, -0.05) is 19.1 Å². The van der Waals surface area contributed by atoms with E-state index in [0.717, 1.165) is 43.9 Å². The van der Waals surface area contributed by atoms with E-state index in [2.05, 4.69) is 21.8 Å². The van der Waals surface area contributed by atoms with Crippen LogP contribution < -0.4 is 5.32 Å². The lowest BCUT2D eigenvalue weighted by Gasteiger charge is -2.07. The van der Waals surface area contributed by atoms with Gasteiger partial charge in [0.05, 0.1) is 6.54 Å². The molecule has 0 radical (unpaired) electrons. The van der Waals surface area contributed by atoms with Gasteiger partial charge in [-0.2, -0.15) is 0 Å². The van der Waals surface area contributed by atoms with Gasteiger partial charge in [-0.25, -0.2) is 9.37 Å². The van der Waals surface area contributed by atoms with E-state index in [0.29, 0.717) is 0 Å². The second kappa shape index (κ2) is 7.04. The zero-order valence-corrected chi connectivity index (χ0v) is 11.3. The number of hydrogen-bond donors (Lipinski definition) is 1. The van der Waals surface area contributed by atoms with Crippen molar-refractivity contribution in [3.05, 3.63) is 53.9 Å². The summed E-state index contributed by atoms with van der Waals surface area (Å²) in [5.41, 5.74) is 1.14. The number of benzene rings is 1. The van der Waals surface area contributed by atoms with Crippen LogP contribution >= 0.6 is 0 Å². The molecule has 0 saturated heterocycles. The quantitative estimate of drug-likeness (QED) is 0.777. The third-order valence-electron chi connectivity index (χ3n) is 3.05. The summed E-state index contributed by atoms with van der Waals surface area (Å²) in [5, 5.41) is 3.37. The van der Waals surface area contributed by atoms with Crippen molar-refractivity contribution in [1.82, 2.24) is 14.9 Å². The van der Waals surface area contributed by atoms with E-state index in [4.69, 9.17) is 0 Å². The van der Waals surface area contributed by atoms with Gasteiger partial charge in [0.1, 0.15) is 11.6 Å². The molecule has 0 spiro atoms. The van der Waals surface area contributed by atoms with Gasteiger partial charge in [0.2, 0.25) is 0 Å². The van der Waals surface area contributed by atoms with Gasteiger partial charge in [0, 0.05) is 18.9 Å². The monoisotopic (exact) mass is 261 g/mol. The zero-order valence-electron chi connectivity index (χ0n) is 11.3. The average molecular weight is 261 g/mol. The SMILES string of the molecule is CCCn1ccnc1CNCCc1ccc(F)cc1. The number of hydrogen-bond acceptors (Lipinski definition) is 2. The fourth-order valence-corrected chi connectivity index (χ4v) is 2.04. The van der Waals surface area contributed by atoms with Crippen molar-refractivity contribution in [3.63, 3.8) is 0 Å². The molecule has 4 heteroatoms. The fraction of sp³-hybridized carbons (Fsp3) is 0.400. The highest BCUT2D eigenvalue weighted by atomic mass is 19.1. The van der Waals surface area contributed by atoms with E-state index in [9.17, 15) is 4.39 Å². The summed E-state index contributed by atoms with van der Waals surface area (Å²) in [7, 11) is 0. The Bertz CT molecular complexity index is 490. The first kappa shape index (κ1) is 13.7. The Labute approximate surface area is 113 Å². The standard InChI is InChI=1S/C15H20FN3/c1-2-10-19-11-9-18-15(19)12-17-8-7-13-3-5-14(16)6-4-13/h3-6,9,11,17H,2,7-8,10,12H2,1H3. The predicted octanol–water partition coefficient (Wildman–Crippen LogP) is 2.76. The molecule has 102 valence electrons. The first-order valence-electron chi connectivity index (χ1n) is 6.74. The van der Waals surface area contributed by atoms with Crippen molar-refractivity contribution in [1.29, 1.82) is 0 Å². The summed E-state index contributed by atoms with van der Waals surface area (Å²) in [4.78, 5) is 4.34. The maximum absolute atomic E-state index is 12.8. The molecule has 0 fully saturated rings. The number of halogens is 1. The Morgan fingerprint density at radius 2 is 2.05 bits per heavy atom. The van der Waals surface area contributed by atoms with E-state index in [1.807, 2.05) is 24.5 Å². The van der Waals surface area contributed by atoms with Gasteiger partial charge in [-0.05, 0) is 37.1 Å². The van der Waals surface area contributed by atoms with Crippen LogP contribution in [-0.4, -0.2) is 16.1 Å². The van der Waals surface area contributed by atoms with Gasteiger partial charge < -0.3 is 9.88 Å². The summed E-state index contributed by atoms with van der Waals surface area (Å²) in [6.07, 6.45) is 5.86. The number of nitrogens with one attached hydrogen (secondary N) is 1. The van der Waals surface area contributed by atoms with Crippen LogP contribution in [0, 0.1) is 5.82 Å². The zero-order chi connectivity index (χ0) is 13.5. The highest BCUT2D eigenvalue weighted by Gasteiger charge is 2.01. The van der Waals surface area contributed by atoms with E-state index < -0.39 is 0 Å².